The molecule has 0 aliphatic rings. The van der Waals surface area contributed by atoms with Gasteiger partial charge in [0.1, 0.15) is 11.6 Å². The summed E-state index contributed by atoms with van der Waals surface area (Å²) in [4.78, 5) is 11.2. The summed E-state index contributed by atoms with van der Waals surface area (Å²) in [5.41, 5.74) is 0.100. The zero-order valence-corrected chi connectivity index (χ0v) is 8.33. The van der Waals surface area contributed by atoms with Crippen LogP contribution >= 0.6 is 0 Å². The van der Waals surface area contributed by atoms with E-state index in [9.17, 15) is 4.79 Å². The Bertz CT molecular complexity index is 236. The SMILES string of the molecule is CC/C=C(\C#N)C(=O)OCC(C)C. The van der Waals surface area contributed by atoms with Crippen LogP contribution in [0.3, 0.4) is 0 Å². The van der Waals surface area contributed by atoms with Crippen LogP contribution in [0.15, 0.2) is 11.6 Å². The van der Waals surface area contributed by atoms with Gasteiger partial charge in [-0.1, -0.05) is 26.8 Å². The molecule has 0 aliphatic heterocycles. The summed E-state index contributed by atoms with van der Waals surface area (Å²) in [7, 11) is 0. The van der Waals surface area contributed by atoms with E-state index >= 15 is 0 Å². The molecule has 0 spiro atoms. The predicted molar refractivity (Wildman–Crippen MR) is 49.8 cm³/mol. The van der Waals surface area contributed by atoms with Gasteiger partial charge in [0.25, 0.3) is 0 Å². The van der Waals surface area contributed by atoms with E-state index in [2.05, 4.69) is 0 Å². The summed E-state index contributed by atoms with van der Waals surface area (Å²) in [6.07, 6.45) is 2.24. The zero-order valence-electron chi connectivity index (χ0n) is 8.33. The molecule has 0 fully saturated rings. The molecule has 0 unspecified atom stereocenters. The van der Waals surface area contributed by atoms with Crippen molar-refractivity contribution < 1.29 is 9.53 Å². The number of hydrogen-bond acceptors (Lipinski definition) is 3. The summed E-state index contributed by atoms with van der Waals surface area (Å²) in [5, 5.41) is 8.57. The van der Waals surface area contributed by atoms with Gasteiger partial charge < -0.3 is 4.74 Å². The predicted octanol–water partition coefficient (Wildman–Crippen LogP) is 2.05. The molecule has 0 aromatic rings. The highest BCUT2D eigenvalue weighted by Crippen LogP contribution is 2.01. The summed E-state index contributed by atoms with van der Waals surface area (Å²) in [5.74, 6) is -0.219. The van der Waals surface area contributed by atoms with E-state index in [1.165, 1.54) is 0 Å². The number of nitrogens with zero attached hydrogens (tertiary/aromatic N) is 1. The third kappa shape index (κ3) is 5.02. The van der Waals surface area contributed by atoms with E-state index in [0.29, 0.717) is 18.9 Å². The first-order valence-electron chi connectivity index (χ1n) is 4.39. The lowest BCUT2D eigenvalue weighted by atomic mass is 10.2. The molecule has 0 rings (SSSR count). The minimum atomic E-state index is -0.516. The first kappa shape index (κ1) is 11.7. The summed E-state index contributed by atoms with van der Waals surface area (Å²) in [6, 6.07) is 1.81. The maximum Gasteiger partial charge on any atom is 0.348 e. The number of rotatable bonds is 4. The van der Waals surface area contributed by atoms with Crippen molar-refractivity contribution in [2.24, 2.45) is 5.92 Å². The van der Waals surface area contributed by atoms with E-state index < -0.39 is 5.97 Å². The van der Waals surface area contributed by atoms with E-state index in [0.717, 1.165) is 0 Å². The molecule has 0 aromatic heterocycles. The number of hydrogen-bond donors (Lipinski definition) is 0. The van der Waals surface area contributed by atoms with Crippen molar-refractivity contribution in [2.45, 2.75) is 27.2 Å². The maximum atomic E-state index is 11.2. The molecule has 3 heteroatoms. The lowest BCUT2D eigenvalue weighted by molar-refractivity contribution is -0.139. The lowest BCUT2D eigenvalue weighted by Crippen LogP contribution is -2.11. The zero-order chi connectivity index (χ0) is 10.3. The Morgan fingerprint density at radius 2 is 2.23 bits per heavy atom. The van der Waals surface area contributed by atoms with Gasteiger partial charge in [-0.15, -0.1) is 0 Å². The first-order chi connectivity index (χ1) is 6.11. The van der Waals surface area contributed by atoms with Crippen LogP contribution in [0.1, 0.15) is 27.2 Å². The molecule has 72 valence electrons. The molecule has 0 aliphatic carbocycles. The number of carbonyl (C=O) groups excluding carboxylic acids is 1. The Morgan fingerprint density at radius 3 is 2.62 bits per heavy atom. The molecule has 0 saturated heterocycles. The average Bonchev–Trinajstić information content (AvgIpc) is 2.10. The van der Waals surface area contributed by atoms with Crippen molar-refractivity contribution in [1.29, 1.82) is 5.26 Å². The highest BCUT2D eigenvalue weighted by molar-refractivity contribution is 5.92. The maximum absolute atomic E-state index is 11.2. The Morgan fingerprint density at radius 1 is 1.62 bits per heavy atom. The van der Waals surface area contributed by atoms with Gasteiger partial charge >= 0.3 is 5.97 Å². The van der Waals surface area contributed by atoms with Crippen LogP contribution in [0.4, 0.5) is 0 Å². The fraction of sp³-hybridized carbons (Fsp3) is 0.600. The second-order valence-corrected chi connectivity index (χ2v) is 3.13. The molecular formula is C10H15NO2. The molecule has 13 heavy (non-hydrogen) atoms. The normalized spacial score (nSPS) is 11.2. The Hall–Kier alpha value is -1.30. The molecule has 0 bridgehead atoms. The van der Waals surface area contributed by atoms with Crippen molar-refractivity contribution in [3.63, 3.8) is 0 Å². The molecule has 0 saturated carbocycles. The number of ether oxygens (including phenoxy) is 1. The van der Waals surface area contributed by atoms with Gasteiger partial charge in [0.05, 0.1) is 6.61 Å². The lowest BCUT2D eigenvalue weighted by Gasteiger charge is -2.05. The third-order valence-electron chi connectivity index (χ3n) is 1.30. The minimum Gasteiger partial charge on any atom is -0.461 e. The standard InChI is InChI=1S/C10H15NO2/c1-4-5-9(6-11)10(12)13-7-8(2)3/h5,8H,4,7H2,1-3H3/b9-5+. The molecule has 0 aromatic carbocycles. The Kier molecular flexibility index (Phi) is 5.62. The van der Waals surface area contributed by atoms with E-state index in [1.807, 2.05) is 26.8 Å². The third-order valence-corrected chi connectivity index (χ3v) is 1.30. The van der Waals surface area contributed by atoms with Crippen molar-refractivity contribution in [2.75, 3.05) is 6.61 Å². The highest BCUT2D eigenvalue weighted by Gasteiger charge is 2.09. The van der Waals surface area contributed by atoms with E-state index in [-0.39, 0.29) is 5.57 Å². The highest BCUT2D eigenvalue weighted by atomic mass is 16.5. The number of esters is 1. The van der Waals surface area contributed by atoms with Crippen LogP contribution in [0, 0.1) is 17.2 Å². The average molecular weight is 181 g/mol. The Balaban J connectivity index is 4.10. The van der Waals surface area contributed by atoms with Gasteiger partial charge in [0.15, 0.2) is 0 Å². The fourth-order valence-electron chi connectivity index (χ4n) is 0.699. The fourth-order valence-corrected chi connectivity index (χ4v) is 0.699. The summed E-state index contributed by atoms with van der Waals surface area (Å²) in [6.45, 7) is 6.13. The first-order valence-corrected chi connectivity index (χ1v) is 4.39. The van der Waals surface area contributed by atoms with Crippen LogP contribution in [-0.4, -0.2) is 12.6 Å². The van der Waals surface area contributed by atoms with Gasteiger partial charge in [-0.05, 0) is 12.3 Å². The molecule has 0 radical (unpaired) electrons. The second-order valence-electron chi connectivity index (χ2n) is 3.13. The van der Waals surface area contributed by atoms with Gasteiger partial charge in [0.2, 0.25) is 0 Å². The second kappa shape index (κ2) is 6.24. The summed E-state index contributed by atoms with van der Waals surface area (Å²) >= 11 is 0. The van der Waals surface area contributed by atoms with Crippen LogP contribution in [0.5, 0.6) is 0 Å². The topological polar surface area (TPSA) is 50.1 Å². The smallest absolute Gasteiger partial charge is 0.348 e. The van der Waals surface area contributed by atoms with Gasteiger partial charge in [-0.2, -0.15) is 5.26 Å². The number of carbonyl (C=O) groups is 1. The molecule has 0 heterocycles. The van der Waals surface area contributed by atoms with Crippen LogP contribution < -0.4 is 0 Å². The summed E-state index contributed by atoms with van der Waals surface area (Å²) < 4.78 is 4.88. The number of nitriles is 1. The van der Waals surface area contributed by atoms with Crippen molar-refractivity contribution >= 4 is 5.97 Å². The van der Waals surface area contributed by atoms with Crippen LogP contribution in [0.2, 0.25) is 0 Å². The van der Waals surface area contributed by atoms with Gasteiger partial charge in [0, 0.05) is 0 Å². The van der Waals surface area contributed by atoms with E-state index in [1.54, 1.807) is 6.08 Å². The Labute approximate surface area is 79.0 Å². The molecule has 0 amide bonds. The molecule has 3 nitrogen and oxygen atoms in total. The molecule has 0 N–H and O–H groups in total. The minimum absolute atomic E-state index is 0.100. The van der Waals surface area contributed by atoms with Gasteiger partial charge in [-0.3, -0.25) is 0 Å². The molecular weight excluding hydrogens is 166 g/mol. The van der Waals surface area contributed by atoms with Crippen LogP contribution in [-0.2, 0) is 9.53 Å². The van der Waals surface area contributed by atoms with E-state index in [4.69, 9.17) is 10.00 Å². The quantitative estimate of drug-likeness (QED) is 0.379. The largest absolute Gasteiger partial charge is 0.461 e. The number of allylic oxidation sites excluding steroid dienone is 1. The van der Waals surface area contributed by atoms with Gasteiger partial charge in [-0.25, -0.2) is 4.79 Å². The monoisotopic (exact) mass is 181 g/mol. The van der Waals surface area contributed by atoms with Crippen molar-refractivity contribution in [3.8, 4) is 6.07 Å². The van der Waals surface area contributed by atoms with Crippen molar-refractivity contribution in [3.05, 3.63) is 11.6 Å². The molecule has 0 atom stereocenters. The van der Waals surface area contributed by atoms with Crippen molar-refractivity contribution in [1.82, 2.24) is 0 Å². The van der Waals surface area contributed by atoms with Crippen LogP contribution in [0.25, 0.3) is 0 Å².